The van der Waals surface area contributed by atoms with Gasteiger partial charge in [-0.2, -0.15) is 0 Å². The highest BCUT2D eigenvalue weighted by Crippen LogP contribution is 2.52. The summed E-state index contributed by atoms with van der Waals surface area (Å²) in [7, 11) is 0. The third kappa shape index (κ3) is 2.08. The Balaban J connectivity index is 2.20. The SMILES string of the molecule is Cc1cc(O)ccc1C(=O)NC1C(C)(C)C(N)C1(C)C. The summed E-state index contributed by atoms with van der Waals surface area (Å²) in [5, 5.41) is 12.5. The van der Waals surface area contributed by atoms with Gasteiger partial charge in [0.15, 0.2) is 0 Å². The van der Waals surface area contributed by atoms with Crippen LogP contribution in [0.1, 0.15) is 43.6 Å². The molecule has 1 aliphatic rings. The molecule has 0 unspecified atom stereocenters. The van der Waals surface area contributed by atoms with Crippen molar-refractivity contribution in [2.45, 2.75) is 46.7 Å². The van der Waals surface area contributed by atoms with Crippen LogP contribution in [0.15, 0.2) is 18.2 Å². The fourth-order valence-electron chi connectivity index (χ4n) is 3.66. The average Bonchev–Trinajstić information content (AvgIpc) is 2.34. The van der Waals surface area contributed by atoms with Crippen molar-refractivity contribution < 1.29 is 9.90 Å². The molecule has 0 spiro atoms. The van der Waals surface area contributed by atoms with E-state index in [-0.39, 0.29) is 34.6 Å². The fraction of sp³-hybridized carbons (Fsp3) is 0.562. The van der Waals surface area contributed by atoms with Gasteiger partial charge in [-0.25, -0.2) is 0 Å². The zero-order chi connectivity index (χ0) is 15.3. The Morgan fingerprint density at radius 2 is 1.80 bits per heavy atom. The van der Waals surface area contributed by atoms with E-state index < -0.39 is 0 Å². The smallest absolute Gasteiger partial charge is 0.251 e. The maximum Gasteiger partial charge on any atom is 0.251 e. The van der Waals surface area contributed by atoms with Crippen molar-refractivity contribution >= 4 is 5.91 Å². The van der Waals surface area contributed by atoms with Gasteiger partial charge >= 0.3 is 0 Å². The van der Waals surface area contributed by atoms with Gasteiger partial charge in [-0.05, 0) is 30.7 Å². The molecule has 2 rings (SSSR count). The summed E-state index contributed by atoms with van der Waals surface area (Å²) in [6.07, 6.45) is 0. The second-order valence-electron chi connectivity index (χ2n) is 7.03. The Morgan fingerprint density at radius 1 is 1.25 bits per heavy atom. The standard InChI is InChI=1S/C16H24N2O2/c1-9-8-10(19)6-7-11(9)12(20)18-14-15(2,3)13(17)16(14,4)5/h6-8,13-14,19H,17H2,1-5H3,(H,18,20). The maximum atomic E-state index is 12.4. The molecule has 1 aromatic carbocycles. The molecule has 0 heterocycles. The number of aromatic hydroxyl groups is 1. The summed E-state index contributed by atoms with van der Waals surface area (Å²) >= 11 is 0. The minimum absolute atomic E-state index is 0.0331. The molecule has 0 aromatic heterocycles. The minimum atomic E-state index is -0.121. The highest BCUT2D eigenvalue weighted by atomic mass is 16.3. The molecule has 1 amide bonds. The molecular weight excluding hydrogens is 252 g/mol. The Kier molecular flexibility index (Phi) is 3.33. The first-order valence-corrected chi connectivity index (χ1v) is 6.94. The zero-order valence-corrected chi connectivity index (χ0v) is 12.8. The second kappa shape index (κ2) is 4.48. The van der Waals surface area contributed by atoms with Crippen LogP contribution < -0.4 is 11.1 Å². The molecule has 1 fully saturated rings. The van der Waals surface area contributed by atoms with Gasteiger partial charge in [-0.1, -0.05) is 27.7 Å². The second-order valence-corrected chi connectivity index (χ2v) is 7.03. The molecule has 1 saturated carbocycles. The first-order chi connectivity index (χ1) is 9.08. The molecule has 4 heteroatoms. The molecule has 20 heavy (non-hydrogen) atoms. The van der Waals surface area contributed by atoms with Crippen LogP contribution in [0.5, 0.6) is 5.75 Å². The van der Waals surface area contributed by atoms with Crippen molar-refractivity contribution in [1.82, 2.24) is 5.32 Å². The van der Waals surface area contributed by atoms with E-state index in [1.165, 1.54) is 6.07 Å². The van der Waals surface area contributed by atoms with Gasteiger partial charge in [0.2, 0.25) is 0 Å². The largest absolute Gasteiger partial charge is 0.508 e. The van der Waals surface area contributed by atoms with Crippen LogP contribution in [0.25, 0.3) is 0 Å². The molecular formula is C16H24N2O2. The van der Waals surface area contributed by atoms with E-state index in [1.54, 1.807) is 12.1 Å². The molecule has 4 nitrogen and oxygen atoms in total. The van der Waals surface area contributed by atoms with Crippen LogP contribution in [0, 0.1) is 17.8 Å². The summed E-state index contributed by atoms with van der Waals surface area (Å²) in [6.45, 7) is 10.1. The van der Waals surface area contributed by atoms with Crippen LogP contribution in [0.3, 0.4) is 0 Å². The van der Waals surface area contributed by atoms with Gasteiger partial charge in [0, 0.05) is 28.5 Å². The quantitative estimate of drug-likeness (QED) is 0.775. The van der Waals surface area contributed by atoms with Crippen LogP contribution >= 0.6 is 0 Å². The lowest BCUT2D eigenvalue weighted by Crippen LogP contribution is -2.76. The lowest BCUT2D eigenvalue weighted by Gasteiger charge is -2.62. The number of aryl methyl sites for hydroxylation is 1. The van der Waals surface area contributed by atoms with E-state index in [9.17, 15) is 9.90 Å². The average molecular weight is 276 g/mol. The van der Waals surface area contributed by atoms with Crippen molar-refractivity contribution in [3.8, 4) is 5.75 Å². The minimum Gasteiger partial charge on any atom is -0.508 e. The number of amides is 1. The lowest BCUT2D eigenvalue weighted by molar-refractivity contribution is -0.0663. The van der Waals surface area contributed by atoms with Gasteiger partial charge in [-0.3, -0.25) is 4.79 Å². The van der Waals surface area contributed by atoms with Crippen LogP contribution in [0.2, 0.25) is 0 Å². The molecule has 4 N–H and O–H groups in total. The molecule has 0 atom stereocenters. The van der Waals surface area contributed by atoms with E-state index in [4.69, 9.17) is 5.73 Å². The monoisotopic (exact) mass is 276 g/mol. The van der Waals surface area contributed by atoms with E-state index in [0.29, 0.717) is 5.56 Å². The molecule has 1 aromatic rings. The summed E-state index contributed by atoms with van der Waals surface area (Å²) in [6, 6.07) is 4.87. The van der Waals surface area contributed by atoms with Gasteiger partial charge < -0.3 is 16.2 Å². The maximum absolute atomic E-state index is 12.4. The summed E-state index contributed by atoms with van der Waals surface area (Å²) in [5.41, 5.74) is 7.32. The van der Waals surface area contributed by atoms with Gasteiger partial charge in [0.05, 0.1) is 0 Å². The fourth-order valence-corrected chi connectivity index (χ4v) is 3.66. The molecule has 0 radical (unpaired) electrons. The van der Waals surface area contributed by atoms with E-state index >= 15 is 0 Å². The van der Waals surface area contributed by atoms with Crippen molar-refractivity contribution in [2.75, 3.05) is 0 Å². The normalized spacial score (nSPS) is 26.7. The van der Waals surface area contributed by atoms with Crippen LogP contribution in [0.4, 0.5) is 0 Å². The first-order valence-electron chi connectivity index (χ1n) is 6.94. The van der Waals surface area contributed by atoms with Crippen LogP contribution in [-0.4, -0.2) is 23.1 Å². The third-order valence-electron chi connectivity index (χ3n) is 4.82. The number of phenolic OH excluding ortho intramolecular Hbond substituents is 1. The van der Waals surface area contributed by atoms with Crippen molar-refractivity contribution in [3.63, 3.8) is 0 Å². The predicted octanol–water partition coefficient (Wildman–Crippen LogP) is 2.19. The van der Waals surface area contributed by atoms with E-state index in [0.717, 1.165) is 5.56 Å². The van der Waals surface area contributed by atoms with Crippen molar-refractivity contribution in [3.05, 3.63) is 29.3 Å². The Bertz CT molecular complexity index is 533. The number of hydrogen-bond donors (Lipinski definition) is 3. The van der Waals surface area contributed by atoms with Crippen molar-refractivity contribution in [1.29, 1.82) is 0 Å². The number of phenols is 1. The topological polar surface area (TPSA) is 75.3 Å². The summed E-state index contributed by atoms with van der Waals surface area (Å²) in [5.74, 6) is 0.0610. The molecule has 110 valence electrons. The first kappa shape index (κ1) is 14.9. The van der Waals surface area contributed by atoms with Gasteiger partial charge in [-0.15, -0.1) is 0 Å². The van der Waals surface area contributed by atoms with Crippen LogP contribution in [-0.2, 0) is 0 Å². The molecule has 1 aliphatic carbocycles. The third-order valence-corrected chi connectivity index (χ3v) is 4.82. The predicted molar refractivity (Wildman–Crippen MR) is 79.6 cm³/mol. The Morgan fingerprint density at radius 3 is 2.30 bits per heavy atom. The number of carbonyl (C=O) groups is 1. The highest BCUT2D eigenvalue weighted by Gasteiger charge is 2.60. The number of rotatable bonds is 2. The Labute approximate surface area is 120 Å². The van der Waals surface area contributed by atoms with E-state index in [2.05, 4.69) is 33.0 Å². The number of benzene rings is 1. The number of nitrogens with two attached hydrogens (primary N) is 1. The molecule has 0 bridgehead atoms. The number of nitrogens with one attached hydrogen (secondary N) is 1. The zero-order valence-electron chi connectivity index (χ0n) is 12.8. The summed E-state index contributed by atoms with van der Waals surface area (Å²) < 4.78 is 0. The lowest BCUT2D eigenvalue weighted by atomic mass is 9.48. The number of hydrogen-bond acceptors (Lipinski definition) is 3. The molecule has 0 saturated heterocycles. The van der Waals surface area contributed by atoms with E-state index in [1.807, 2.05) is 6.92 Å². The van der Waals surface area contributed by atoms with Gasteiger partial charge in [0.1, 0.15) is 5.75 Å². The Hall–Kier alpha value is -1.55. The van der Waals surface area contributed by atoms with Crippen molar-refractivity contribution in [2.24, 2.45) is 16.6 Å². The number of carbonyl (C=O) groups excluding carboxylic acids is 1. The molecule has 0 aliphatic heterocycles. The highest BCUT2D eigenvalue weighted by molar-refractivity contribution is 5.96. The summed E-state index contributed by atoms with van der Waals surface area (Å²) in [4.78, 5) is 12.4. The van der Waals surface area contributed by atoms with Gasteiger partial charge in [0.25, 0.3) is 5.91 Å².